The molecular weight excluding hydrogens is 314 g/mol. The van der Waals surface area contributed by atoms with Crippen LogP contribution in [0, 0.1) is 0 Å². The highest BCUT2D eigenvalue weighted by Gasteiger charge is 2.18. The number of carbonyl (C=O) groups is 1. The van der Waals surface area contributed by atoms with Gasteiger partial charge in [-0.3, -0.25) is 0 Å². The number of aromatic amines is 1. The normalized spacial score (nSPS) is 15.4. The summed E-state index contributed by atoms with van der Waals surface area (Å²) in [5.74, 6) is 0.301. The molecule has 128 valence electrons. The van der Waals surface area contributed by atoms with Gasteiger partial charge in [-0.05, 0) is 48.6 Å². The van der Waals surface area contributed by atoms with E-state index in [0.29, 0.717) is 11.9 Å². The molecule has 1 saturated carbocycles. The Morgan fingerprint density at radius 3 is 2.72 bits per heavy atom. The van der Waals surface area contributed by atoms with Gasteiger partial charge in [0.1, 0.15) is 0 Å². The molecule has 0 atom stereocenters. The van der Waals surface area contributed by atoms with Gasteiger partial charge in [0.2, 0.25) is 5.95 Å². The average molecular weight is 335 g/mol. The van der Waals surface area contributed by atoms with Crippen molar-refractivity contribution < 1.29 is 9.90 Å². The van der Waals surface area contributed by atoms with Crippen LogP contribution in [0.4, 0.5) is 11.6 Å². The third-order valence-electron chi connectivity index (χ3n) is 4.99. The number of rotatable bonds is 4. The largest absolute Gasteiger partial charge is 0.478 e. The molecule has 0 bridgehead atoms. The fraction of sp³-hybridized carbons (Fsp3) is 0.300. The lowest BCUT2D eigenvalue weighted by Gasteiger charge is -2.24. The van der Waals surface area contributed by atoms with Gasteiger partial charge in [-0.2, -0.15) is 0 Å². The van der Waals surface area contributed by atoms with Gasteiger partial charge >= 0.3 is 5.97 Å². The quantitative estimate of drug-likeness (QED) is 0.623. The number of anilines is 2. The van der Waals surface area contributed by atoms with E-state index in [0.717, 1.165) is 16.7 Å². The van der Waals surface area contributed by atoms with Crippen LogP contribution in [0.25, 0.3) is 11.0 Å². The lowest BCUT2D eigenvalue weighted by molar-refractivity contribution is 0.0697. The zero-order valence-electron chi connectivity index (χ0n) is 14.0. The number of para-hydroxylation sites is 1. The summed E-state index contributed by atoms with van der Waals surface area (Å²) in [6.07, 6.45) is 6.40. The van der Waals surface area contributed by atoms with E-state index in [1.54, 1.807) is 18.2 Å². The lowest BCUT2D eigenvalue weighted by atomic mass is 9.83. The summed E-state index contributed by atoms with van der Waals surface area (Å²) in [5.41, 5.74) is 4.14. The molecule has 3 aromatic rings. The molecule has 5 nitrogen and oxygen atoms in total. The predicted molar refractivity (Wildman–Crippen MR) is 98.6 cm³/mol. The van der Waals surface area contributed by atoms with Crippen molar-refractivity contribution in [3.8, 4) is 0 Å². The number of benzene rings is 2. The van der Waals surface area contributed by atoms with Gasteiger partial charge in [-0.1, -0.05) is 37.5 Å². The van der Waals surface area contributed by atoms with Crippen LogP contribution in [0.5, 0.6) is 0 Å². The molecule has 1 fully saturated rings. The summed E-state index contributed by atoms with van der Waals surface area (Å²) >= 11 is 0. The Hall–Kier alpha value is -2.82. The zero-order chi connectivity index (χ0) is 17.2. The molecular formula is C20H21N3O2. The molecule has 0 aliphatic heterocycles. The van der Waals surface area contributed by atoms with E-state index < -0.39 is 5.97 Å². The first-order valence-corrected chi connectivity index (χ1v) is 8.80. The van der Waals surface area contributed by atoms with Crippen LogP contribution in [-0.4, -0.2) is 21.0 Å². The number of nitrogens with zero attached hydrogens (tertiary/aromatic N) is 1. The standard InChI is InChI=1S/C20H21N3O2/c24-19(25)14-10-11-17-18(12-14)23-20(22-17)21-16-9-5-4-8-15(16)13-6-2-1-3-7-13/h4-5,8-13H,1-3,6-7H2,(H,24,25)(H2,21,22,23). The number of nitrogens with one attached hydrogen (secondary N) is 2. The second-order valence-electron chi connectivity index (χ2n) is 6.67. The minimum Gasteiger partial charge on any atom is -0.478 e. The summed E-state index contributed by atoms with van der Waals surface area (Å²) < 4.78 is 0. The maximum atomic E-state index is 11.1. The Morgan fingerprint density at radius 2 is 1.92 bits per heavy atom. The first-order chi connectivity index (χ1) is 12.2. The molecule has 1 heterocycles. The molecule has 0 amide bonds. The van der Waals surface area contributed by atoms with Gasteiger partial charge in [-0.25, -0.2) is 9.78 Å². The van der Waals surface area contributed by atoms with Crippen LogP contribution in [-0.2, 0) is 0 Å². The first kappa shape index (κ1) is 15.7. The van der Waals surface area contributed by atoms with Gasteiger partial charge in [0, 0.05) is 5.69 Å². The van der Waals surface area contributed by atoms with Crippen molar-refractivity contribution in [3.63, 3.8) is 0 Å². The fourth-order valence-electron chi connectivity index (χ4n) is 3.71. The summed E-state index contributed by atoms with van der Waals surface area (Å²) in [5, 5.41) is 12.5. The fourth-order valence-corrected chi connectivity index (χ4v) is 3.71. The molecule has 1 aromatic heterocycles. The van der Waals surface area contributed by atoms with Crippen LogP contribution < -0.4 is 5.32 Å². The van der Waals surface area contributed by atoms with Crippen LogP contribution in [0.15, 0.2) is 42.5 Å². The highest BCUT2D eigenvalue weighted by atomic mass is 16.4. The van der Waals surface area contributed by atoms with Crippen molar-refractivity contribution in [1.29, 1.82) is 0 Å². The maximum absolute atomic E-state index is 11.1. The zero-order valence-corrected chi connectivity index (χ0v) is 14.0. The third kappa shape index (κ3) is 3.22. The van der Waals surface area contributed by atoms with Gasteiger partial charge in [0.05, 0.1) is 16.6 Å². The average Bonchev–Trinajstić information content (AvgIpc) is 3.04. The van der Waals surface area contributed by atoms with E-state index in [-0.39, 0.29) is 5.56 Å². The van der Waals surface area contributed by atoms with Crippen molar-refractivity contribution in [2.75, 3.05) is 5.32 Å². The van der Waals surface area contributed by atoms with E-state index in [1.165, 1.54) is 37.7 Å². The van der Waals surface area contributed by atoms with Crippen molar-refractivity contribution in [1.82, 2.24) is 9.97 Å². The summed E-state index contributed by atoms with van der Waals surface area (Å²) in [6, 6.07) is 13.3. The number of H-pyrrole nitrogens is 1. The smallest absolute Gasteiger partial charge is 0.335 e. The Labute approximate surface area is 146 Å². The lowest BCUT2D eigenvalue weighted by Crippen LogP contribution is -2.07. The molecule has 3 N–H and O–H groups in total. The topological polar surface area (TPSA) is 78.0 Å². The van der Waals surface area contributed by atoms with Crippen LogP contribution in [0.3, 0.4) is 0 Å². The van der Waals surface area contributed by atoms with Crippen LogP contribution in [0.2, 0.25) is 0 Å². The molecule has 1 aliphatic carbocycles. The van der Waals surface area contributed by atoms with Gasteiger partial charge in [-0.15, -0.1) is 0 Å². The van der Waals surface area contributed by atoms with Crippen LogP contribution >= 0.6 is 0 Å². The van der Waals surface area contributed by atoms with Crippen LogP contribution in [0.1, 0.15) is 53.9 Å². The molecule has 25 heavy (non-hydrogen) atoms. The second-order valence-corrected chi connectivity index (χ2v) is 6.67. The minimum atomic E-state index is -0.936. The number of hydrogen-bond acceptors (Lipinski definition) is 3. The minimum absolute atomic E-state index is 0.255. The Bertz CT molecular complexity index is 910. The number of carboxylic acids is 1. The highest BCUT2D eigenvalue weighted by Crippen LogP contribution is 2.37. The third-order valence-corrected chi connectivity index (χ3v) is 4.99. The molecule has 0 spiro atoms. The van der Waals surface area contributed by atoms with E-state index in [9.17, 15) is 4.79 Å². The summed E-state index contributed by atoms with van der Waals surface area (Å²) in [4.78, 5) is 18.8. The Balaban J connectivity index is 1.64. The Morgan fingerprint density at radius 1 is 1.12 bits per heavy atom. The molecule has 0 unspecified atom stereocenters. The van der Waals surface area contributed by atoms with E-state index >= 15 is 0 Å². The molecule has 4 rings (SSSR count). The van der Waals surface area contributed by atoms with E-state index in [4.69, 9.17) is 5.11 Å². The number of aromatic carboxylic acids is 1. The van der Waals surface area contributed by atoms with Crippen molar-refractivity contribution in [2.24, 2.45) is 0 Å². The van der Waals surface area contributed by atoms with Gasteiger partial charge < -0.3 is 15.4 Å². The number of fused-ring (bicyclic) bond motifs is 1. The van der Waals surface area contributed by atoms with Crippen molar-refractivity contribution in [2.45, 2.75) is 38.0 Å². The van der Waals surface area contributed by atoms with Gasteiger partial charge in [0.25, 0.3) is 0 Å². The summed E-state index contributed by atoms with van der Waals surface area (Å²) in [7, 11) is 0. The van der Waals surface area contributed by atoms with E-state index in [1.807, 2.05) is 6.07 Å². The highest BCUT2D eigenvalue weighted by molar-refractivity contribution is 5.92. The number of carboxylic acid groups (broad SMARTS) is 1. The van der Waals surface area contributed by atoms with E-state index in [2.05, 4.69) is 33.5 Å². The first-order valence-electron chi connectivity index (χ1n) is 8.80. The number of imidazole rings is 1. The second kappa shape index (κ2) is 6.59. The SMILES string of the molecule is O=C(O)c1ccc2nc(Nc3ccccc3C3CCCCC3)[nH]c2c1. The molecule has 0 radical (unpaired) electrons. The molecule has 2 aromatic carbocycles. The predicted octanol–water partition coefficient (Wildman–Crippen LogP) is 5.05. The Kier molecular flexibility index (Phi) is 4.14. The monoisotopic (exact) mass is 335 g/mol. The maximum Gasteiger partial charge on any atom is 0.335 e. The van der Waals surface area contributed by atoms with Gasteiger partial charge in [0.15, 0.2) is 0 Å². The molecule has 0 saturated heterocycles. The molecule has 1 aliphatic rings. The summed E-state index contributed by atoms with van der Waals surface area (Å²) in [6.45, 7) is 0. The number of aromatic nitrogens is 2. The number of hydrogen-bond donors (Lipinski definition) is 3. The van der Waals surface area contributed by atoms with Crippen molar-refractivity contribution >= 4 is 28.6 Å². The van der Waals surface area contributed by atoms with Crippen molar-refractivity contribution in [3.05, 3.63) is 53.6 Å². The molecule has 5 heteroatoms.